The van der Waals surface area contributed by atoms with E-state index >= 15 is 0 Å². The largest absolute Gasteiger partial charge is 0.419 e. The van der Waals surface area contributed by atoms with Crippen molar-refractivity contribution in [2.75, 3.05) is 46.3 Å². The molecule has 0 bridgehead atoms. The molecule has 0 aromatic heterocycles. The van der Waals surface area contributed by atoms with Gasteiger partial charge in [0.05, 0.1) is 15.6 Å². The topological polar surface area (TPSA) is 38.8 Å². The summed E-state index contributed by atoms with van der Waals surface area (Å²) < 4.78 is 53.1. The minimum Gasteiger partial charge on any atom is -0.314 e. The van der Waals surface area contributed by atoms with Crippen molar-refractivity contribution in [2.24, 2.45) is 0 Å². The average Bonchev–Trinajstić information content (AvgIpc) is 3.26. The fraction of sp³-hybridized carbons (Fsp3) is 0.480. The summed E-state index contributed by atoms with van der Waals surface area (Å²) in [7, 11) is 1.86. The molecule has 0 aliphatic carbocycles. The van der Waals surface area contributed by atoms with Crippen LogP contribution < -0.4 is 5.32 Å². The molecule has 3 atom stereocenters. The van der Waals surface area contributed by atoms with E-state index in [0.29, 0.717) is 28.7 Å². The van der Waals surface area contributed by atoms with E-state index in [1.54, 1.807) is 6.07 Å². The number of piperazine rings is 1. The molecule has 0 amide bonds. The molecule has 5 nitrogen and oxygen atoms in total. The number of benzene rings is 2. The summed E-state index contributed by atoms with van der Waals surface area (Å²) >= 11 is 12.4. The molecule has 2 aromatic carbocycles. The highest BCUT2D eigenvalue weighted by molar-refractivity contribution is 6.42. The third kappa shape index (κ3) is 6.03. The molecule has 2 fully saturated rings. The first-order valence-electron chi connectivity index (χ1n) is 11.7. The standard InChI is InChI=1S/C25H28Cl2F4N4O/c1-33(12-16-2-4-19(22(28)10-16)25(29,30)31)23-14-35(24(15-36)34-8-6-32-7-9-34)13-18(23)17-3-5-20(26)21(27)11-17/h2-5,10-11,15,18,23-24,32H,6-9,12-14H2,1H3/t18-,23-,24?/m1/s1. The Labute approximate surface area is 217 Å². The summed E-state index contributed by atoms with van der Waals surface area (Å²) in [6.45, 7) is 4.49. The Kier molecular flexibility index (Phi) is 8.59. The van der Waals surface area contributed by atoms with E-state index in [2.05, 4.69) is 15.1 Å². The molecule has 2 aromatic rings. The Morgan fingerprint density at radius 1 is 1.08 bits per heavy atom. The second-order valence-electron chi connectivity index (χ2n) is 9.36. The zero-order chi connectivity index (χ0) is 26.0. The van der Waals surface area contributed by atoms with Gasteiger partial charge in [-0.2, -0.15) is 13.2 Å². The zero-order valence-electron chi connectivity index (χ0n) is 19.7. The first-order valence-corrected chi connectivity index (χ1v) is 12.5. The normalized spacial score (nSPS) is 22.8. The van der Waals surface area contributed by atoms with Crippen molar-refractivity contribution in [3.8, 4) is 0 Å². The molecule has 1 N–H and O–H groups in total. The highest BCUT2D eigenvalue weighted by Gasteiger charge is 2.41. The van der Waals surface area contributed by atoms with Crippen LogP contribution in [0.15, 0.2) is 36.4 Å². The van der Waals surface area contributed by atoms with E-state index in [1.165, 1.54) is 6.07 Å². The maximum atomic E-state index is 14.2. The van der Waals surface area contributed by atoms with Gasteiger partial charge in [0.15, 0.2) is 6.29 Å². The van der Waals surface area contributed by atoms with Crippen molar-refractivity contribution in [1.29, 1.82) is 0 Å². The van der Waals surface area contributed by atoms with E-state index in [1.807, 2.05) is 24.1 Å². The minimum absolute atomic E-state index is 0.0468. The van der Waals surface area contributed by atoms with Crippen LogP contribution in [-0.2, 0) is 17.5 Å². The van der Waals surface area contributed by atoms with Gasteiger partial charge in [0, 0.05) is 57.8 Å². The van der Waals surface area contributed by atoms with Crippen LogP contribution in [-0.4, -0.2) is 79.5 Å². The monoisotopic (exact) mass is 546 g/mol. The first-order chi connectivity index (χ1) is 17.1. The summed E-state index contributed by atoms with van der Waals surface area (Å²) in [5, 5.41) is 4.15. The van der Waals surface area contributed by atoms with Gasteiger partial charge in [0.2, 0.25) is 0 Å². The predicted molar refractivity (Wildman–Crippen MR) is 132 cm³/mol. The lowest BCUT2D eigenvalue weighted by molar-refractivity contribution is -0.140. The number of aldehydes is 1. The number of likely N-dealkylation sites (tertiary alicyclic amines) is 1. The number of rotatable bonds is 7. The molecule has 2 heterocycles. The molecule has 0 saturated carbocycles. The van der Waals surface area contributed by atoms with Gasteiger partial charge in [-0.05, 0) is 42.4 Å². The van der Waals surface area contributed by atoms with E-state index in [4.69, 9.17) is 23.2 Å². The van der Waals surface area contributed by atoms with Crippen molar-refractivity contribution in [2.45, 2.75) is 30.8 Å². The Bertz CT molecular complexity index is 1080. The Morgan fingerprint density at radius 2 is 1.81 bits per heavy atom. The van der Waals surface area contributed by atoms with E-state index in [0.717, 1.165) is 50.2 Å². The number of alkyl halides is 3. The van der Waals surface area contributed by atoms with Gasteiger partial charge < -0.3 is 10.1 Å². The smallest absolute Gasteiger partial charge is 0.314 e. The van der Waals surface area contributed by atoms with Crippen LogP contribution in [0, 0.1) is 5.82 Å². The van der Waals surface area contributed by atoms with Crippen molar-refractivity contribution >= 4 is 29.5 Å². The summed E-state index contributed by atoms with van der Waals surface area (Å²) in [6.07, 6.45) is -4.17. The molecule has 196 valence electrons. The number of likely N-dealkylation sites (N-methyl/N-ethyl adjacent to an activating group) is 1. The van der Waals surface area contributed by atoms with Crippen molar-refractivity contribution < 1.29 is 22.4 Å². The van der Waals surface area contributed by atoms with E-state index in [9.17, 15) is 22.4 Å². The first kappa shape index (κ1) is 27.3. The maximum absolute atomic E-state index is 14.2. The van der Waals surface area contributed by atoms with Gasteiger partial charge >= 0.3 is 6.18 Å². The SMILES string of the molecule is CN(Cc1ccc(C(F)(F)F)c(F)c1)[C@@H]1CN(C(C=O)N2CCNCC2)C[C@@H]1c1ccc(Cl)c(Cl)c1. The van der Waals surface area contributed by atoms with Crippen LogP contribution in [0.5, 0.6) is 0 Å². The minimum atomic E-state index is -4.74. The van der Waals surface area contributed by atoms with Gasteiger partial charge in [-0.15, -0.1) is 0 Å². The van der Waals surface area contributed by atoms with Crippen molar-refractivity contribution in [3.63, 3.8) is 0 Å². The number of carbonyl (C=O) groups is 1. The molecular weight excluding hydrogens is 519 g/mol. The number of hydrogen-bond donors (Lipinski definition) is 1. The molecule has 2 aliphatic rings. The van der Waals surface area contributed by atoms with Gasteiger partial charge in [-0.25, -0.2) is 4.39 Å². The van der Waals surface area contributed by atoms with Crippen molar-refractivity contribution in [1.82, 2.24) is 20.0 Å². The number of hydrogen-bond acceptors (Lipinski definition) is 5. The highest BCUT2D eigenvalue weighted by Crippen LogP contribution is 2.36. The third-order valence-corrected chi connectivity index (χ3v) is 7.79. The van der Waals surface area contributed by atoms with Crippen LogP contribution in [0.25, 0.3) is 0 Å². The van der Waals surface area contributed by atoms with E-state index < -0.39 is 17.6 Å². The Morgan fingerprint density at radius 3 is 2.42 bits per heavy atom. The lowest BCUT2D eigenvalue weighted by Crippen LogP contribution is -2.55. The third-order valence-electron chi connectivity index (χ3n) is 7.05. The van der Waals surface area contributed by atoms with Gasteiger partial charge in [-0.1, -0.05) is 35.3 Å². The Hall–Kier alpha value is -1.75. The molecule has 4 rings (SSSR count). The molecule has 0 radical (unpaired) electrons. The molecule has 2 saturated heterocycles. The second-order valence-corrected chi connectivity index (χ2v) is 10.2. The molecule has 1 unspecified atom stereocenters. The molecule has 36 heavy (non-hydrogen) atoms. The fourth-order valence-electron chi connectivity index (χ4n) is 5.19. The lowest BCUT2D eigenvalue weighted by atomic mass is 9.93. The van der Waals surface area contributed by atoms with Crippen LogP contribution in [0.1, 0.15) is 22.6 Å². The summed E-state index contributed by atoms with van der Waals surface area (Å²) in [4.78, 5) is 18.4. The van der Waals surface area contributed by atoms with Gasteiger partial charge in [0.25, 0.3) is 0 Å². The summed E-state index contributed by atoms with van der Waals surface area (Å²) in [5.74, 6) is -1.34. The van der Waals surface area contributed by atoms with E-state index in [-0.39, 0.29) is 24.7 Å². The molecular formula is C25H28Cl2F4N4O. The lowest BCUT2D eigenvalue weighted by Gasteiger charge is -2.37. The molecule has 0 spiro atoms. The predicted octanol–water partition coefficient (Wildman–Crippen LogP) is 4.48. The number of nitrogens with one attached hydrogen (secondary N) is 1. The van der Waals surface area contributed by atoms with Crippen LogP contribution in [0.3, 0.4) is 0 Å². The number of carbonyl (C=O) groups excluding carboxylic acids is 1. The fourth-order valence-corrected chi connectivity index (χ4v) is 5.50. The number of halogens is 6. The Balaban J connectivity index is 1.59. The quantitative estimate of drug-likeness (QED) is 0.409. The zero-order valence-corrected chi connectivity index (χ0v) is 21.3. The molecule has 11 heteroatoms. The van der Waals surface area contributed by atoms with Crippen molar-refractivity contribution in [3.05, 3.63) is 69.0 Å². The van der Waals surface area contributed by atoms with Crippen LogP contribution in [0.4, 0.5) is 17.6 Å². The van der Waals surface area contributed by atoms with Crippen LogP contribution in [0.2, 0.25) is 10.0 Å². The van der Waals surface area contributed by atoms with Gasteiger partial charge in [-0.3, -0.25) is 14.7 Å². The average molecular weight is 547 g/mol. The van der Waals surface area contributed by atoms with Crippen LogP contribution >= 0.6 is 23.2 Å². The highest BCUT2D eigenvalue weighted by atomic mass is 35.5. The van der Waals surface area contributed by atoms with Gasteiger partial charge in [0.1, 0.15) is 12.0 Å². The summed E-state index contributed by atoms with van der Waals surface area (Å²) in [5.41, 5.74) is 0.107. The second kappa shape index (κ2) is 11.3. The summed E-state index contributed by atoms with van der Waals surface area (Å²) in [6, 6.07) is 8.38. The molecule has 2 aliphatic heterocycles. The maximum Gasteiger partial charge on any atom is 0.419 e. The number of nitrogens with zero attached hydrogens (tertiary/aromatic N) is 3.